The van der Waals surface area contributed by atoms with Gasteiger partial charge in [0.05, 0.1) is 18.7 Å². The predicted molar refractivity (Wildman–Crippen MR) is 61.6 cm³/mol. The Morgan fingerprint density at radius 2 is 2.00 bits per heavy atom. The number of ketones is 1. The Bertz CT molecular complexity index is 388. The highest BCUT2D eigenvalue weighted by Gasteiger charge is 2.11. The second-order valence-corrected chi connectivity index (χ2v) is 3.32. The van der Waals surface area contributed by atoms with E-state index in [0.29, 0.717) is 17.9 Å². The summed E-state index contributed by atoms with van der Waals surface area (Å²) >= 11 is 0. The van der Waals surface area contributed by atoms with E-state index in [1.807, 2.05) is 0 Å². The molecule has 0 aliphatic carbocycles. The van der Waals surface area contributed by atoms with Crippen molar-refractivity contribution in [2.24, 2.45) is 0 Å². The number of esters is 1. The molecule has 0 saturated heterocycles. The summed E-state index contributed by atoms with van der Waals surface area (Å²) in [6.07, 6.45) is 0. The van der Waals surface area contributed by atoms with Gasteiger partial charge in [-0.2, -0.15) is 0 Å². The largest absolute Gasteiger partial charge is 0.462 e. The number of carbonyl (C=O) groups is 2. The molecule has 0 atom stereocenters. The zero-order chi connectivity index (χ0) is 12.0. The summed E-state index contributed by atoms with van der Waals surface area (Å²) in [5.41, 5.74) is 1.07. The molecule has 0 amide bonds. The molecule has 0 saturated carbocycles. The molecule has 0 aliphatic rings. The van der Waals surface area contributed by atoms with Crippen LogP contribution in [0, 0.1) is 0 Å². The summed E-state index contributed by atoms with van der Waals surface area (Å²) in [5.74, 6) is -0.368. The van der Waals surface area contributed by atoms with Crippen molar-refractivity contribution in [2.75, 3.05) is 18.5 Å². The molecule has 86 valence electrons. The number of Topliss-reactive ketones (excluding diaryl/α,β-unsaturated/α-hetero) is 1. The Morgan fingerprint density at radius 1 is 1.31 bits per heavy atom. The maximum atomic E-state index is 11.6. The summed E-state index contributed by atoms with van der Waals surface area (Å²) in [6, 6.07) is 6.96. The van der Waals surface area contributed by atoms with Gasteiger partial charge in [0.1, 0.15) is 5.78 Å². The molecule has 0 radical (unpaired) electrons. The molecule has 1 aromatic rings. The zero-order valence-corrected chi connectivity index (χ0v) is 9.45. The van der Waals surface area contributed by atoms with Crippen molar-refractivity contribution in [1.82, 2.24) is 0 Å². The summed E-state index contributed by atoms with van der Waals surface area (Å²) in [6.45, 7) is 3.78. The molecule has 4 heteroatoms. The van der Waals surface area contributed by atoms with Gasteiger partial charge >= 0.3 is 5.97 Å². The highest BCUT2D eigenvalue weighted by atomic mass is 16.5. The van der Waals surface area contributed by atoms with Crippen LogP contribution in [-0.2, 0) is 9.53 Å². The van der Waals surface area contributed by atoms with Gasteiger partial charge in [0.25, 0.3) is 0 Å². The molecule has 0 spiro atoms. The molecule has 1 aromatic carbocycles. The molecule has 0 aromatic heterocycles. The van der Waals surface area contributed by atoms with E-state index in [-0.39, 0.29) is 18.3 Å². The van der Waals surface area contributed by atoms with Crippen LogP contribution in [0.15, 0.2) is 24.3 Å². The normalized spacial score (nSPS) is 9.62. The Hall–Kier alpha value is -1.84. The van der Waals surface area contributed by atoms with Crippen molar-refractivity contribution in [3.63, 3.8) is 0 Å². The van der Waals surface area contributed by atoms with Gasteiger partial charge < -0.3 is 10.1 Å². The first-order chi connectivity index (χ1) is 7.65. The lowest BCUT2D eigenvalue weighted by molar-refractivity contribution is -0.115. The van der Waals surface area contributed by atoms with E-state index >= 15 is 0 Å². The number of benzene rings is 1. The monoisotopic (exact) mass is 221 g/mol. The van der Waals surface area contributed by atoms with Crippen molar-refractivity contribution >= 4 is 17.4 Å². The fourth-order valence-corrected chi connectivity index (χ4v) is 1.24. The van der Waals surface area contributed by atoms with Gasteiger partial charge in [0, 0.05) is 5.69 Å². The summed E-state index contributed by atoms with van der Waals surface area (Å²) in [4.78, 5) is 22.4. The minimum atomic E-state index is -0.380. The second kappa shape index (κ2) is 5.90. The fraction of sp³-hybridized carbons (Fsp3) is 0.333. The average Bonchev–Trinajstić information content (AvgIpc) is 2.27. The number of ether oxygens (including phenoxy) is 1. The molecule has 4 nitrogen and oxygen atoms in total. The fourth-order valence-electron chi connectivity index (χ4n) is 1.24. The van der Waals surface area contributed by atoms with E-state index in [4.69, 9.17) is 4.74 Å². The Morgan fingerprint density at radius 3 is 2.62 bits per heavy atom. The van der Waals surface area contributed by atoms with Crippen LogP contribution in [0.1, 0.15) is 24.2 Å². The minimum Gasteiger partial charge on any atom is -0.462 e. The van der Waals surface area contributed by atoms with E-state index in [2.05, 4.69) is 5.32 Å². The summed E-state index contributed by atoms with van der Waals surface area (Å²) in [7, 11) is 0. The molecular formula is C12H15NO3. The van der Waals surface area contributed by atoms with Gasteiger partial charge in [0.15, 0.2) is 0 Å². The van der Waals surface area contributed by atoms with Crippen LogP contribution in [0.25, 0.3) is 0 Å². The van der Waals surface area contributed by atoms with Crippen molar-refractivity contribution in [3.05, 3.63) is 29.8 Å². The van der Waals surface area contributed by atoms with Crippen molar-refractivity contribution in [3.8, 4) is 0 Å². The first-order valence-electron chi connectivity index (χ1n) is 5.14. The first-order valence-corrected chi connectivity index (χ1v) is 5.14. The molecule has 0 unspecified atom stereocenters. The van der Waals surface area contributed by atoms with Gasteiger partial charge in [-0.3, -0.25) is 4.79 Å². The molecule has 0 bridgehead atoms. The highest BCUT2D eigenvalue weighted by molar-refractivity contribution is 5.96. The van der Waals surface area contributed by atoms with Crippen LogP contribution in [0.5, 0.6) is 0 Å². The molecule has 16 heavy (non-hydrogen) atoms. The summed E-state index contributed by atoms with van der Waals surface area (Å²) < 4.78 is 4.91. The van der Waals surface area contributed by atoms with Gasteiger partial charge in [-0.1, -0.05) is 12.1 Å². The van der Waals surface area contributed by atoms with E-state index in [0.717, 1.165) is 0 Å². The summed E-state index contributed by atoms with van der Waals surface area (Å²) in [5, 5.41) is 2.90. The lowest BCUT2D eigenvalue weighted by Gasteiger charge is -2.09. The SMILES string of the molecule is CCOC(=O)c1ccccc1NCC(C)=O. The Kier molecular flexibility index (Phi) is 4.51. The number of nitrogens with one attached hydrogen (secondary N) is 1. The van der Waals surface area contributed by atoms with Crippen LogP contribution < -0.4 is 5.32 Å². The van der Waals surface area contributed by atoms with Crippen LogP contribution in [-0.4, -0.2) is 24.9 Å². The van der Waals surface area contributed by atoms with E-state index in [1.54, 1.807) is 31.2 Å². The van der Waals surface area contributed by atoms with Crippen LogP contribution in [0.4, 0.5) is 5.69 Å². The molecule has 1 rings (SSSR count). The van der Waals surface area contributed by atoms with Crippen molar-refractivity contribution in [2.45, 2.75) is 13.8 Å². The van der Waals surface area contributed by atoms with Crippen molar-refractivity contribution in [1.29, 1.82) is 0 Å². The zero-order valence-electron chi connectivity index (χ0n) is 9.45. The van der Waals surface area contributed by atoms with Gasteiger partial charge in [-0.25, -0.2) is 4.79 Å². The lowest BCUT2D eigenvalue weighted by Crippen LogP contribution is -2.14. The predicted octanol–water partition coefficient (Wildman–Crippen LogP) is 1.86. The quantitative estimate of drug-likeness (QED) is 0.771. The third-order valence-electron chi connectivity index (χ3n) is 1.95. The van der Waals surface area contributed by atoms with E-state index in [9.17, 15) is 9.59 Å². The van der Waals surface area contributed by atoms with Crippen molar-refractivity contribution < 1.29 is 14.3 Å². The number of anilines is 1. The van der Waals surface area contributed by atoms with E-state index in [1.165, 1.54) is 6.92 Å². The molecule has 1 N–H and O–H groups in total. The number of hydrogen-bond donors (Lipinski definition) is 1. The molecule has 0 aliphatic heterocycles. The van der Waals surface area contributed by atoms with Gasteiger partial charge in [-0.05, 0) is 26.0 Å². The van der Waals surface area contributed by atoms with Gasteiger partial charge in [0.2, 0.25) is 0 Å². The molecular weight excluding hydrogens is 206 g/mol. The average molecular weight is 221 g/mol. The number of para-hydroxylation sites is 1. The Labute approximate surface area is 94.6 Å². The number of hydrogen-bond acceptors (Lipinski definition) is 4. The van der Waals surface area contributed by atoms with Crippen LogP contribution in [0.2, 0.25) is 0 Å². The standard InChI is InChI=1S/C12H15NO3/c1-3-16-12(15)10-6-4-5-7-11(10)13-8-9(2)14/h4-7,13H,3,8H2,1-2H3. The third kappa shape index (κ3) is 3.38. The molecule has 0 heterocycles. The lowest BCUT2D eigenvalue weighted by atomic mass is 10.2. The number of carbonyl (C=O) groups excluding carboxylic acids is 2. The second-order valence-electron chi connectivity index (χ2n) is 3.32. The van der Waals surface area contributed by atoms with Crippen LogP contribution in [0.3, 0.4) is 0 Å². The topological polar surface area (TPSA) is 55.4 Å². The van der Waals surface area contributed by atoms with Crippen LogP contribution >= 0.6 is 0 Å². The first kappa shape index (κ1) is 12.2. The van der Waals surface area contributed by atoms with E-state index < -0.39 is 0 Å². The smallest absolute Gasteiger partial charge is 0.340 e. The Balaban J connectivity index is 2.82. The third-order valence-corrected chi connectivity index (χ3v) is 1.95. The van der Waals surface area contributed by atoms with Gasteiger partial charge in [-0.15, -0.1) is 0 Å². The molecule has 0 fully saturated rings. The highest BCUT2D eigenvalue weighted by Crippen LogP contribution is 2.15. The number of rotatable bonds is 5. The minimum absolute atomic E-state index is 0.0126. The maximum Gasteiger partial charge on any atom is 0.340 e. The maximum absolute atomic E-state index is 11.6.